The summed E-state index contributed by atoms with van der Waals surface area (Å²) in [6, 6.07) is 2.24. The minimum Gasteiger partial charge on any atom is -0.313 e. The molecule has 0 spiro atoms. The third kappa shape index (κ3) is 3.27. The summed E-state index contributed by atoms with van der Waals surface area (Å²) in [5, 5.41) is 3.66. The van der Waals surface area contributed by atoms with E-state index in [1.165, 1.54) is 45.2 Å². The highest BCUT2D eigenvalue weighted by atomic mass is 15.2. The van der Waals surface area contributed by atoms with Crippen LogP contribution in [-0.4, -0.2) is 36.1 Å². The second-order valence-corrected chi connectivity index (χ2v) is 7.01. The van der Waals surface area contributed by atoms with Crippen molar-refractivity contribution < 1.29 is 0 Å². The van der Waals surface area contributed by atoms with Crippen molar-refractivity contribution in [2.24, 2.45) is 11.8 Å². The van der Waals surface area contributed by atoms with Crippen molar-refractivity contribution >= 4 is 0 Å². The molecule has 106 valence electrons. The van der Waals surface area contributed by atoms with Crippen molar-refractivity contribution in [3.8, 4) is 0 Å². The number of piperidine rings is 1. The first kappa shape index (κ1) is 14.3. The first-order valence-electron chi connectivity index (χ1n) is 8.08. The summed E-state index contributed by atoms with van der Waals surface area (Å²) < 4.78 is 0. The second kappa shape index (κ2) is 6.38. The SMILES string of the molecule is CC(C)NCC(C(C)C)N1CCCC2CCCC21. The zero-order valence-electron chi connectivity index (χ0n) is 12.8. The van der Waals surface area contributed by atoms with Gasteiger partial charge in [0.2, 0.25) is 0 Å². The molecule has 0 radical (unpaired) electrons. The molecule has 1 aliphatic heterocycles. The molecule has 1 aliphatic carbocycles. The van der Waals surface area contributed by atoms with E-state index in [9.17, 15) is 0 Å². The zero-order valence-corrected chi connectivity index (χ0v) is 12.8. The minimum atomic E-state index is 0.607. The Morgan fingerprint density at radius 3 is 2.44 bits per heavy atom. The van der Waals surface area contributed by atoms with Gasteiger partial charge < -0.3 is 5.32 Å². The topological polar surface area (TPSA) is 15.3 Å². The summed E-state index contributed by atoms with van der Waals surface area (Å²) in [5.41, 5.74) is 0. The van der Waals surface area contributed by atoms with Crippen LogP contribution in [0.2, 0.25) is 0 Å². The maximum atomic E-state index is 3.66. The van der Waals surface area contributed by atoms with Crippen molar-refractivity contribution in [1.29, 1.82) is 0 Å². The van der Waals surface area contributed by atoms with Crippen molar-refractivity contribution in [3.05, 3.63) is 0 Å². The van der Waals surface area contributed by atoms with Crippen molar-refractivity contribution in [1.82, 2.24) is 10.2 Å². The Hall–Kier alpha value is -0.0800. The first-order valence-corrected chi connectivity index (χ1v) is 8.08. The molecule has 2 rings (SSSR count). The van der Waals surface area contributed by atoms with Crippen LogP contribution in [0.25, 0.3) is 0 Å². The average molecular weight is 252 g/mol. The molecule has 2 aliphatic rings. The molecule has 3 atom stereocenters. The van der Waals surface area contributed by atoms with E-state index < -0.39 is 0 Å². The molecule has 1 heterocycles. The Balaban J connectivity index is 1.99. The standard InChI is InChI=1S/C16H32N2/c1-12(2)16(11-17-13(3)4)18-10-6-8-14-7-5-9-15(14)18/h12-17H,5-11H2,1-4H3. The highest BCUT2D eigenvalue weighted by Crippen LogP contribution is 2.38. The Morgan fingerprint density at radius 2 is 1.78 bits per heavy atom. The lowest BCUT2D eigenvalue weighted by molar-refractivity contribution is 0.0452. The number of nitrogens with zero attached hydrogens (tertiary/aromatic N) is 1. The van der Waals surface area contributed by atoms with E-state index in [2.05, 4.69) is 37.9 Å². The average Bonchev–Trinajstić information content (AvgIpc) is 2.77. The predicted octanol–water partition coefficient (Wildman–Crippen LogP) is 3.27. The highest BCUT2D eigenvalue weighted by molar-refractivity contribution is 4.93. The van der Waals surface area contributed by atoms with E-state index in [1.54, 1.807) is 0 Å². The third-order valence-corrected chi connectivity index (χ3v) is 4.97. The van der Waals surface area contributed by atoms with E-state index >= 15 is 0 Å². The molecule has 1 saturated heterocycles. The van der Waals surface area contributed by atoms with Gasteiger partial charge in [0.25, 0.3) is 0 Å². The molecule has 2 fully saturated rings. The van der Waals surface area contributed by atoms with Gasteiger partial charge in [-0.15, -0.1) is 0 Å². The maximum absolute atomic E-state index is 3.66. The highest BCUT2D eigenvalue weighted by Gasteiger charge is 2.38. The fraction of sp³-hybridized carbons (Fsp3) is 1.00. The second-order valence-electron chi connectivity index (χ2n) is 7.01. The summed E-state index contributed by atoms with van der Waals surface area (Å²) in [4.78, 5) is 2.86. The van der Waals surface area contributed by atoms with Crippen LogP contribution in [0.3, 0.4) is 0 Å². The molecule has 1 N–H and O–H groups in total. The van der Waals surface area contributed by atoms with E-state index in [0.717, 1.165) is 23.9 Å². The Kier molecular flexibility index (Phi) is 5.08. The first-order chi connectivity index (χ1) is 8.59. The van der Waals surface area contributed by atoms with Crippen LogP contribution in [-0.2, 0) is 0 Å². The van der Waals surface area contributed by atoms with Gasteiger partial charge in [-0.3, -0.25) is 4.90 Å². The number of nitrogens with one attached hydrogen (secondary N) is 1. The molecule has 0 aromatic heterocycles. The number of rotatable bonds is 5. The Morgan fingerprint density at radius 1 is 1.06 bits per heavy atom. The monoisotopic (exact) mass is 252 g/mol. The van der Waals surface area contributed by atoms with Gasteiger partial charge in [-0.1, -0.05) is 34.1 Å². The van der Waals surface area contributed by atoms with Crippen LogP contribution >= 0.6 is 0 Å². The van der Waals surface area contributed by atoms with Gasteiger partial charge in [-0.05, 0) is 44.1 Å². The molecular formula is C16H32N2. The zero-order chi connectivity index (χ0) is 13.1. The van der Waals surface area contributed by atoms with E-state index in [0.29, 0.717) is 6.04 Å². The summed E-state index contributed by atoms with van der Waals surface area (Å²) in [6.07, 6.45) is 7.32. The van der Waals surface area contributed by atoms with E-state index in [4.69, 9.17) is 0 Å². The number of hydrogen-bond donors (Lipinski definition) is 1. The maximum Gasteiger partial charge on any atom is 0.0246 e. The molecule has 1 saturated carbocycles. The molecule has 0 aromatic rings. The molecule has 0 amide bonds. The molecule has 3 unspecified atom stereocenters. The number of fused-ring (bicyclic) bond motifs is 1. The van der Waals surface area contributed by atoms with Crippen molar-refractivity contribution in [2.45, 2.75) is 77.9 Å². The number of likely N-dealkylation sites (tertiary alicyclic amines) is 1. The lowest BCUT2D eigenvalue weighted by Gasteiger charge is -2.44. The predicted molar refractivity (Wildman–Crippen MR) is 78.8 cm³/mol. The quantitative estimate of drug-likeness (QED) is 0.808. The molecule has 2 heteroatoms. The van der Waals surface area contributed by atoms with Crippen LogP contribution in [0.1, 0.15) is 59.8 Å². The molecule has 0 aromatic carbocycles. The smallest absolute Gasteiger partial charge is 0.0246 e. The van der Waals surface area contributed by atoms with Crippen LogP contribution in [0.5, 0.6) is 0 Å². The van der Waals surface area contributed by atoms with Gasteiger partial charge in [-0.2, -0.15) is 0 Å². The lowest BCUT2D eigenvalue weighted by Crippen LogP contribution is -2.54. The van der Waals surface area contributed by atoms with Gasteiger partial charge in [-0.25, -0.2) is 0 Å². The molecule has 18 heavy (non-hydrogen) atoms. The van der Waals surface area contributed by atoms with Gasteiger partial charge >= 0.3 is 0 Å². The largest absolute Gasteiger partial charge is 0.313 e. The molecule has 2 nitrogen and oxygen atoms in total. The fourth-order valence-electron chi connectivity index (χ4n) is 4.00. The van der Waals surface area contributed by atoms with E-state index in [1.807, 2.05) is 0 Å². The van der Waals surface area contributed by atoms with Crippen molar-refractivity contribution in [2.75, 3.05) is 13.1 Å². The lowest BCUT2D eigenvalue weighted by atomic mass is 9.88. The van der Waals surface area contributed by atoms with Gasteiger partial charge in [0, 0.05) is 24.7 Å². The molecule has 0 bridgehead atoms. The van der Waals surface area contributed by atoms with Gasteiger partial charge in [0.15, 0.2) is 0 Å². The summed E-state index contributed by atoms with van der Waals surface area (Å²) in [7, 11) is 0. The Bertz CT molecular complexity index is 249. The summed E-state index contributed by atoms with van der Waals surface area (Å²) in [5.74, 6) is 1.77. The third-order valence-electron chi connectivity index (χ3n) is 4.97. The van der Waals surface area contributed by atoms with Gasteiger partial charge in [0.05, 0.1) is 0 Å². The summed E-state index contributed by atoms with van der Waals surface area (Å²) in [6.45, 7) is 11.8. The molecular weight excluding hydrogens is 220 g/mol. The van der Waals surface area contributed by atoms with Crippen molar-refractivity contribution in [3.63, 3.8) is 0 Å². The fourth-order valence-corrected chi connectivity index (χ4v) is 4.00. The van der Waals surface area contributed by atoms with E-state index in [-0.39, 0.29) is 0 Å². The Labute approximate surface area is 114 Å². The number of hydrogen-bond acceptors (Lipinski definition) is 2. The minimum absolute atomic E-state index is 0.607. The van der Waals surface area contributed by atoms with Crippen LogP contribution < -0.4 is 5.32 Å². The van der Waals surface area contributed by atoms with Crippen LogP contribution in [0.4, 0.5) is 0 Å². The van der Waals surface area contributed by atoms with Crippen LogP contribution in [0, 0.1) is 11.8 Å². The normalized spacial score (nSPS) is 31.0. The van der Waals surface area contributed by atoms with Gasteiger partial charge in [0.1, 0.15) is 0 Å². The summed E-state index contributed by atoms with van der Waals surface area (Å²) >= 11 is 0. The van der Waals surface area contributed by atoms with Crippen LogP contribution in [0.15, 0.2) is 0 Å².